The van der Waals surface area contributed by atoms with Crippen molar-refractivity contribution in [2.24, 2.45) is 0 Å². The van der Waals surface area contributed by atoms with Gasteiger partial charge in [-0.2, -0.15) is 13.2 Å². The van der Waals surface area contributed by atoms with Gasteiger partial charge in [0.2, 0.25) is 6.29 Å². The van der Waals surface area contributed by atoms with Crippen molar-refractivity contribution in [3.8, 4) is 0 Å². The molecule has 0 saturated carbocycles. The number of halogens is 3. The van der Waals surface area contributed by atoms with Gasteiger partial charge in [-0.05, 0) is 31.2 Å². The molecule has 1 heterocycles. The Balaban J connectivity index is 1.76. The van der Waals surface area contributed by atoms with Crippen molar-refractivity contribution in [3.63, 3.8) is 0 Å². The van der Waals surface area contributed by atoms with Gasteiger partial charge in [-0.1, -0.05) is 0 Å². The molecule has 2 aromatic carbocycles. The molecule has 1 aliphatic heterocycles. The zero-order valence-electron chi connectivity index (χ0n) is 19.2. The quantitative estimate of drug-likeness (QED) is 0.311. The third-order valence-electron chi connectivity index (χ3n) is 5.36. The number of nitrogens with zero attached hydrogens (tertiary/aromatic N) is 2. The molecule has 1 amide bonds. The normalized spacial score (nSPS) is 21.2. The van der Waals surface area contributed by atoms with Crippen LogP contribution in [0.25, 0.3) is 0 Å². The Kier molecular flexibility index (Phi) is 8.25. The first-order valence-corrected chi connectivity index (χ1v) is 10.7. The first-order valence-electron chi connectivity index (χ1n) is 10.7. The lowest BCUT2D eigenvalue weighted by Crippen LogP contribution is -2.58. The Bertz CT molecular complexity index is 1230. The SMILES string of the molecule is C[C@@H]1O[C@H](OC(=O)c2ccc([N+](=O)[O-])cc2)C[C@@H](NC(=O)C(F)(F)F)[C@@H]1OC(=O)c1ccc([N+](=O)[O-])cc1. The van der Waals surface area contributed by atoms with Crippen molar-refractivity contribution in [2.45, 2.75) is 44.1 Å². The molecule has 16 heteroatoms. The first-order chi connectivity index (χ1) is 17.8. The molecule has 1 fully saturated rings. The third-order valence-corrected chi connectivity index (χ3v) is 5.36. The molecule has 2 aromatic rings. The van der Waals surface area contributed by atoms with E-state index in [1.54, 1.807) is 5.32 Å². The molecule has 1 saturated heterocycles. The van der Waals surface area contributed by atoms with Crippen molar-refractivity contribution in [3.05, 3.63) is 79.9 Å². The van der Waals surface area contributed by atoms with E-state index >= 15 is 0 Å². The maximum absolute atomic E-state index is 12.9. The number of nitro benzene ring substituents is 2. The highest BCUT2D eigenvalue weighted by atomic mass is 19.4. The number of non-ortho nitro benzene ring substituents is 2. The minimum atomic E-state index is -5.28. The Morgan fingerprint density at radius 2 is 1.34 bits per heavy atom. The molecule has 202 valence electrons. The minimum Gasteiger partial charge on any atom is -0.454 e. The Morgan fingerprint density at radius 1 is 0.895 bits per heavy atom. The molecule has 1 aliphatic rings. The fraction of sp³-hybridized carbons (Fsp3) is 0.318. The topological polar surface area (TPSA) is 177 Å². The second-order valence-electron chi connectivity index (χ2n) is 7.97. The summed E-state index contributed by atoms with van der Waals surface area (Å²) in [6.07, 6.45) is -9.99. The zero-order valence-corrected chi connectivity index (χ0v) is 19.2. The molecular weight excluding hydrogens is 523 g/mol. The highest BCUT2D eigenvalue weighted by molar-refractivity contribution is 5.90. The summed E-state index contributed by atoms with van der Waals surface area (Å²) in [5, 5.41) is 23.3. The van der Waals surface area contributed by atoms with Gasteiger partial charge in [0.05, 0.1) is 33.1 Å². The number of alkyl halides is 3. The number of rotatable bonds is 7. The molecule has 3 rings (SSSR count). The van der Waals surface area contributed by atoms with Crippen LogP contribution in [0.2, 0.25) is 0 Å². The fourth-order valence-electron chi connectivity index (χ4n) is 3.50. The summed E-state index contributed by atoms with van der Waals surface area (Å²) in [5.74, 6) is -4.42. The number of carbonyl (C=O) groups excluding carboxylic acids is 3. The molecule has 0 radical (unpaired) electrons. The monoisotopic (exact) mass is 541 g/mol. The van der Waals surface area contributed by atoms with Gasteiger partial charge >= 0.3 is 24.0 Å². The molecular formula is C22H18F3N3O10. The van der Waals surface area contributed by atoms with Gasteiger partial charge in [0, 0.05) is 30.7 Å². The summed E-state index contributed by atoms with van der Waals surface area (Å²) in [6, 6.07) is 6.96. The number of benzene rings is 2. The molecule has 0 unspecified atom stereocenters. The van der Waals surface area contributed by atoms with Crippen LogP contribution in [0.15, 0.2) is 48.5 Å². The first kappa shape index (κ1) is 28.0. The average molecular weight is 541 g/mol. The Labute approximate surface area is 210 Å². The maximum Gasteiger partial charge on any atom is 0.471 e. The number of ether oxygens (including phenoxy) is 3. The largest absolute Gasteiger partial charge is 0.471 e. The molecule has 0 bridgehead atoms. The molecule has 1 N–H and O–H groups in total. The number of nitro groups is 2. The van der Waals surface area contributed by atoms with E-state index in [1.165, 1.54) is 6.92 Å². The van der Waals surface area contributed by atoms with E-state index in [4.69, 9.17) is 14.2 Å². The van der Waals surface area contributed by atoms with Gasteiger partial charge in [0.15, 0.2) is 0 Å². The lowest BCUT2D eigenvalue weighted by molar-refractivity contribution is -0.385. The van der Waals surface area contributed by atoms with Crippen LogP contribution >= 0.6 is 0 Å². The molecule has 0 aliphatic carbocycles. The summed E-state index contributed by atoms with van der Waals surface area (Å²) >= 11 is 0. The number of hydrogen-bond donors (Lipinski definition) is 1. The van der Waals surface area contributed by atoms with Crippen molar-refractivity contribution < 1.29 is 51.6 Å². The van der Waals surface area contributed by atoms with Crippen LogP contribution in [0, 0.1) is 20.2 Å². The summed E-state index contributed by atoms with van der Waals surface area (Å²) in [6.45, 7) is 1.30. The summed E-state index contributed by atoms with van der Waals surface area (Å²) in [5.41, 5.74) is -0.884. The summed E-state index contributed by atoms with van der Waals surface area (Å²) < 4.78 is 54.7. The Hall–Kier alpha value is -4.60. The van der Waals surface area contributed by atoms with Gasteiger partial charge in [-0.25, -0.2) is 9.59 Å². The van der Waals surface area contributed by atoms with Gasteiger partial charge < -0.3 is 19.5 Å². The smallest absolute Gasteiger partial charge is 0.454 e. The number of carbonyl (C=O) groups is 3. The van der Waals surface area contributed by atoms with Gasteiger partial charge in [0.25, 0.3) is 11.4 Å². The van der Waals surface area contributed by atoms with Crippen LogP contribution < -0.4 is 5.32 Å². The van der Waals surface area contributed by atoms with E-state index in [1.807, 2.05) is 0 Å². The second-order valence-corrected chi connectivity index (χ2v) is 7.97. The highest BCUT2D eigenvalue weighted by Crippen LogP contribution is 2.27. The van der Waals surface area contributed by atoms with E-state index in [9.17, 15) is 47.8 Å². The van der Waals surface area contributed by atoms with E-state index in [2.05, 4.69) is 0 Å². The van der Waals surface area contributed by atoms with Crippen molar-refractivity contribution in [2.75, 3.05) is 0 Å². The van der Waals surface area contributed by atoms with Crippen molar-refractivity contribution >= 4 is 29.2 Å². The standard InChI is InChI=1S/C22H18F3N3O10/c1-11-18(38-20(30)13-4-8-15(9-5-13)28(34)35)16(26-21(31)22(23,24)25)10-17(36-11)37-19(29)12-2-6-14(7-3-12)27(32)33/h2-9,11,16-18H,10H2,1H3,(H,26,31)/t11-,16+,17+,18+/m0/s1. The third kappa shape index (κ3) is 6.78. The molecule has 0 spiro atoms. The maximum atomic E-state index is 12.9. The predicted molar refractivity (Wildman–Crippen MR) is 118 cm³/mol. The van der Waals surface area contributed by atoms with E-state index in [0.29, 0.717) is 0 Å². The van der Waals surface area contributed by atoms with Gasteiger partial charge in [0.1, 0.15) is 6.10 Å². The van der Waals surface area contributed by atoms with Crippen LogP contribution in [0.1, 0.15) is 34.1 Å². The zero-order chi connectivity index (χ0) is 28.2. The van der Waals surface area contributed by atoms with Crippen LogP contribution in [-0.2, 0) is 19.0 Å². The lowest BCUT2D eigenvalue weighted by Gasteiger charge is -2.39. The fourth-order valence-corrected chi connectivity index (χ4v) is 3.50. The van der Waals surface area contributed by atoms with Gasteiger partial charge in [-0.15, -0.1) is 0 Å². The number of nitrogens with one attached hydrogen (secondary N) is 1. The molecule has 13 nitrogen and oxygen atoms in total. The summed E-state index contributed by atoms with van der Waals surface area (Å²) in [4.78, 5) is 56.8. The van der Waals surface area contributed by atoms with Crippen LogP contribution in [0.3, 0.4) is 0 Å². The summed E-state index contributed by atoms with van der Waals surface area (Å²) in [7, 11) is 0. The number of hydrogen-bond acceptors (Lipinski definition) is 10. The van der Waals surface area contributed by atoms with Crippen LogP contribution in [-0.4, -0.2) is 58.4 Å². The van der Waals surface area contributed by atoms with E-state index < -0.39 is 64.8 Å². The van der Waals surface area contributed by atoms with Crippen molar-refractivity contribution in [1.29, 1.82) is 0 Å². The molecule has 0 aromatic heterocycles. The number of esters is 2. The molecule has 4 atom stereocenters. The molecule has 38 heavy (non-hydrogen) atoms. The van der Waals surface area contributed by atoms with Crippen LogP contribution in [0.5, 0.6) is 0 Å². The number of amides is 1. The van der Waals surface area contributed by atoms with E-state index in [-0.39, 0.29) is 22.5 Å². The lowest BCUT2D eigenvalue weighted by atomic mass is 9.98. The average Bonchev–Trinajstić information content (AvgIpc) is 2.85. The minimum absolute atomic E-state index is 0.116. The van der Waals surface area contributed by atoms with Crippen LogP contribution in [0.4, 0.5) is 24.5 Å². The highest BCUT2D eigenvalue weighted by Gasteiger charge is 2.46. The predicted octanol–water partition coefficient (Wildman–Crippen LogP) is 3.07. The van der Waals surface area contributed by atoms with E-state index in [0.717, 1.165) is 48.5 Å². The van der Waals surface area contributed by atoms with Crippen molar-refractivity contribution in [1.82, 2.24) is 5.32 Å². The Morgan fingerprint density at radius 3 is 1.76 bits per heavy atom. The van der Waals surface area contributed by atoms with Gasteiger partial charge in [-0.3, -0.25) is 25.0 Å². The second kappa shape index (κ2) is 11.2.